The van der Waals surface area contributed by atoms with Crippen LogP contribution in [0.4, 0.5) is 0 Å². The second-order valence-electron chi connectivity index (χ2n) is 14.6. The van der Waals surface area contributed by atoms with E-state index in [0.29, 0.717) is 0 Å². The summed E-state index contributed by atoms with van der Waals surface area (Å²) in [6.45, 7) is 9.58. The van der Waals surface area contributed by atoms with Gasteiger partial charge in [-0.25, -0.2) is 9.97 Å². The Balaban J connectivity index is 1.22. The summed E-state index contributed by atoms with van der Waals surface area (Å²) in [6, 6.07) is 50.8. The van der Waals surface area contributed by atoms with E-state index in [1.165, 1.54) is 60.0 Å². The molecule has 1 aliphatic heterocycles. The maximum Gasteiger partial charge on any atom is 0.160 e. The minimum Gasteiger partial charge on any atom is -0.309 e. The SMILES string of the molecule is CC1(C)c2ccccc2-c2c1ccc1c2c2ccccc2n1-c1cccc(-c2nc(-c3ccccc3)c3c(n2)-c2ccccc2[Si]3(C)C)c1. The standard InChI is InChI=1S/C45H35N3Si/c1-45(2)34-22-11-8-19-31(34)39-35(45)25-26-37-40(39)32-20-9-12-23-36(32)48(37)30-18-14-17-29(27-30)44-46-41(28-15-6-5-7-16-28)43-42(47-44)33-21-10-13-24-38(33)49(43,3)4/h5-27H,1-4H3. The van der Waals surface area contributed by atoms with E-state index in [1.807, 2.05) is 0 Å². The fourth-order valence-electron chi connectivity index (χ4n) is 8.87. The molecule has 0 N–H and O–H groups in total. The van der Waals surface area contributed by atoms with Gasteiger partial charge in [0.15, 0.2) is 5.82 Å². The Labute approximate surface area is 287 Å². The van der Waals surface area contributed by atoms with E-state index >= 15 is 0 Å². The number of fused-ring (bicyclic) bond motifs is 10. The fourth-order valence-corrected chi connectivity index (χ4v) is 12.1. The highest BCUT2D eigenvalue weighted by molar-refractivity contribution is 7.04. The smallest absolute Gasteiger partial charge is 0.160 e. The van der Waals surface area contributed by atoms with E-state index < -0.39 is 8.07 Å². The molecule has 0 spiro atoms. The summed E-state index contributed by atoms with van der Waals surface area (Å²) >= 11 is 0. The van der Waals surface area contributed by atoms with Gasteiger partial charge in [-0.15, -0.1) is 0 Å². The second-order valence-corrected chi connectivity index (χ2v) is 18.9. The quantitative estimate of drug-likeness (QED) is 0.179. The molecule has 0 saturated carbocycles. The van der Waals surface area contributed by atoms with Crippen molar-refractivity contribution in [1.29, 1.82) is 0 Å². The molecule has 0 atom stereocenters. The number of hydrogen-bond donors (Lipinski definition) is 0. The van der Waals surface area contributed by atoms with Crippen LogP contribution in [0.15, 0.2) is 140 Å². The van der Waals surface area contributed by atoms with Crippen LogP contribution in [0.25, 0.3) is 72.5 Å². The predicted octanol–water partition coefficient (Wildman–Crippen LogP) is 10.0. The number of benzene rings is 6. The molecule has 0 bridgehead atoms. The molecule has 49 heavy (non-hydrogen) atoms. The molecule has 6 aromatic carbocycles. The van der Waals surface area contributed by atoms with Crippen LogP contribution in [0.2, 0.25) is 13.1 Å². The predicted molar refractivity (Wildman–Crippen MR) is 207 cm³/mol. The first-order valence-electron chi connectivity index (χ1n) is 17.2. The maximum atomic E-state index is 5.41. The Kier molecular flexibility index (Phi) is 5.79. The van der Waals surface area contributed by atoms with Crippen LogP contribution in [0.1, 0.15) is 25.0 Å². The topological polar surface area (TPSA) is 30.7 Å². The van der Waals surface area contributed by atoms with Crippen LogP contribution in [0.3, 0.4) is 0 Å². The van der Waals surface area contributed by atoms with Crippen molar-refractivity contribution in [3.63, 3.8) is 0 Å². The summed E-state index contributed by atoms with van der Waals surface area (Å²) in [5, 5.41) is 5.36. The lowest BCUT2D eigenvalue weighted by Gasteiger charge is -2.21. The summed E-state index contributed by atoms with van der Waals surface area (Å²) in [5.41, 5.74) is 14.5. The van der Waals surface area contributed by atoms with Crippen molar-refractivity contribution in [2.75, 3.05) is 0 Å². The van der Waals surface area contributed by atoms with Gasteiger partial charge in [-0.2, -0.15) is 0 Å². The summed E-state index contributed by atoms with van der Waals surface area (Å²) in [7, 11) is -2.02. The first kappa shape index (κ1) is 28.4. The molecular weight excluding hydrogens is 611 g/mol. The molecule has 0 fully saturated rings. The maximum absolute atomic E-state index is 5.41. The zero-order valence-electron chi connectivity index (χ0n) is 28.1. The zero-order chi connectivity index (χ0) is 33.1. The average Bonchev–Trinajstić information content (AvgIpc) is 3.69. The Morgan fingerprint density at radius 3 is 2.12 bits per heavy atom. The van der Waals surface area contributed by atoms with E-state index in [2.05, 4.69) is 171 Å². The van der Waals surface area contributed by atoms with Gasteiger partial charge in [0, 0.05) is 33.0 Å². The average molecular weight is 646 g/mol. The van der Waals surface area contributed by atoms with Crippen LogP contribution in [-0.2, 0) is 5.41 Å². The van der Waals surface area contributed by atoms with E-state index in [9.17, 15) is 0 Å². The van der Waals surface area contributed by atoms with Gasteiger partial charge >= 0.3 is 0 Å². The van der Waals surface area contributed by atoms with E-state index in [-0.39, 0.29) is 5.41 Å². The van der Waals surface area contributed by atoms with Gasteiger partial charge in [-0.1, -0.05) is 142 Å². The van der Waals surface area contributed by atoms with Crippen molar-refractivity contribution in [1.82, 2.24) is 14.5 Å². The number of para-hydroxylation sites is 1. The molecule has 3 heterocycles. The molecule has 8 aromatic rings. The van der Waals surface area contributed by atoms with Crippen LogP contribution in [-0.4, -0.2) is 22.6 Å². The van der Waals surface area contributed by atoms with Gasteiger partial charge in [-0.3, -0.25) is 0 Å². The first-order valence-corrected chi connectivity index (χ1v) is 20.2. The highest BCUT2D eigenvalue weighted by atomic mass is 28.3. The summed E-state index contributed by atoms with van der Waals surface area (Å²) in [6.07, 6.45) is 0. The Morgan fingerprint density at radius 2 is 1.27 bits per heavy atom. The van der Waals surface area contributed by atoms with E-state index in [4.69, 9.17) is 9.97 Å². The molecule has 10 rings (SSSR count). The van der Waals surface area contributed by atoms with Crippen molar-refractivity contribution in [2.45, 2.75) is 32.4 Å². The van der Waals surface area contributed by atoms with Crippen molar-refractivity contribution >= 4 is 40.3 Å². The molecule has 0 saturated heterocycles. The highest BCUT2D eigenvalue weighted by Crippen LogP contribution is 2.53. The van der Waals surface area contributed by atoms with E-state index in [1.54, 1.807) is 0 Å². The molecule has 234 valence electrons. The van der Waals surface area contributed by atoms with Gasteiger partial charge in [-0.05, 0) is 62.5 Å². The number of nitrogens with zero attached hydrogens (tertiary/aromatic N) is 3. The zero-order valence-corrected chi connectivity index (χ0v) is 29.1. The van der Waals surface area contributed by atoms with Crippen molar-refractivity contribution in [2.24, 2.45) is 0 Å². The molecule has 3 nitrogen and oxygen atoms in total. The third kappa shape index (κ3) is 3.83. The summed E-state index contributed by atoms with van der Waals surface area (Å²) < 4.78 is 2.43. The molecule has 1 aliphatic carbocycles. The lowest BCUT2D eigenvalue weighted by Crippen LogP contribution is -2.50. The van der Waals surface area contributed by atoms with Crippen LogP contribution in [0, 0.1) is 0 Å². The highest BCUT2D eigenvalue weighted by Gasteiger charge is 2.42. The van der Waals surface area contributed by atoms with Gasteiger partial charge in [0.05, 0.1) is 22.4 Å². The molecule has 2 aromatic heterocycles. The number of aromatic nitrogens is 3. The largest absolute Gasteiger partial charge is 0.309 e. The van der Waals surface area contributed by atoms with Crippen LogP contribution < -0.4 is 10.4 Å². The minimum atomic E-state index is -2.02. The molecule has 0 amide bonds. The van der Waals surface area contributed by atoms with Crippen molar-refractivity contribution < 1.29 is 0 Å². The monoisotopic (exact) mass is 645 g/mol. The summed E-state index contributed by atoms with van der Waals surface area (Å²) in [4.78, 5) is 10.8. The second kappa shape index (κ2) is 9.97. The molecule has 2 aliphatic rings. The lowest BCUT2D eigenvalue weighted by molar-refractivity contribution is 0.661. The molecule has 4 heteroatoms. The van der Waals surface area contributed by atoms with Gasteiger partial charge in [0.1, 0.15) is 8.07 Å². The van der Waals surface area contributed by atoms with Gasteiger partial charge in [0.2, 0.25) is 0 Å². The first-order chi connectivity index (χ1) is 23.8. The third-order valence-corrected chi connectivity index (χ3v) is 14.7. The third-order valence-electron chi connectivity index (χ3n) is 11.2. The normalized spacial score (nSPS) is 14.9. The van der Waals surface area contributed by atoms with Crippen molar-refractivity contribution in [3.05, 3.63) is 151 Å². The van der Waals surface area contributed by atoms with Crippen molar-refractivity contribution in [3.8, 4) is 50.7 Å². The van der Waals surface area contributed by atoms with Crippen LogP contribution >= 0.6 is 0 Å². The van der Waals surface area contributed by atoms with Gasteiger partial charge in [0.25, 0.3) is 0 Å². The molecule has 0 radical (unpaired) electrons. The lowest BCUT2D eigenvalue weighted by atomic mass is 9.82. The minimum absolute atomic E-state index is 0.0549. The summed E-state index contributed by atoms with van der Waals surface area (Å²) in [5.74, 6) is 0.762. The molecular formula is C45H35N3Si. The Hall–Kier alpha value is -5.58. The Morgan fingerprint density at radius 1 is 0.571 bits per heavy atom. The van der Waals surface area contributed by atoms with Crippen LogP contribution in [0.5, 0.6) is 0 Å². The van der Waals surface area contributed by atoms with Gasteiger partial charge < -0.3 is 4.57 Å². The van der Waals surface area contributed by atoms with E-state index in [0.717, 1.165) is 34.0 Å². The number of hydrogen-bond acceptors (Lipinski definition) is 2. The number of rotatable bonds is 3. The Bertz CT molecular complexity index is 2660. The fraction of sp³-hybridized carbons (Fsp3) is 0.111. The molecule has 0 unspecified atom stereocenters.